The summed E-state index contributed by atoms with van der Waals surface area (Å²) in [5.41, 5.74) is 4.43. The lowest BCUT2D eigenvalue weighted by molar-refractivity contribution is 0.0696. The van der Waals surface area contributed by atoms with Gasteiger partial charge in [0.05, 0.1) is 5.56 Å². The Kier molecular flexibility index (Phi) is 3.22. The number of fused-ring (bicyclic) bond motifs is 1. The molecule has 0 aliphatic carbocycles. The molecule has 0 spiro atoms. The van der Waals surface area contributed by atoms with Crippen LogP contribution in [-0.4, -0.2) is 11.1 Å². The lowest BCUT2D eigenvalue weighted by Crippen LogP contribution is -2.01. The summed E-state index contributed by atoms with van der Waals surface area (Å²) in [5, 5.41) is 11.6. The van der Waals surface area contributed by atoms with Crippen LogP contribution in [0.4, 0.5) is 0 Å². The van der Waals surface area contributed by atoms with Gasteiger partial charge in [0.2, 0.25) is 0 Å². The van der Waals surface area contributed by atoms with Crippen molar-refractivity contribution in [1.29, 1.82) is 0 Å². The van der Waals surface area contributed by atoms with Crippen LogP contribution < -0.4 is 0 Å². The van der Waals surface area contributed by atoms with Gasteiger partial charge in [-0.1, -0.05) is 48.5 Å². The predicted octanol–water partition coefficient (Wildman–Crippen LogP) is 4.82. The highest BCUT2D eigenvalue weighted by Crippen LogP contribution is 2.34. The third kappa shape index (κ3) is 2.19. The van der Waals surface area contributed by atoms with E-state index >= 15 is 0 Å². The molecule has 2 nitrogen and oxygen atoms in total. The van der Waals surface area contributed by atoms with Gasteiger partial charge < -0.3 is 5.11 Å². The number of rotatable bonds is 2. The predicted molar refractivity (Wildman–Crippen MR) is 85.8 cm³/mol. The molecule has 0 aliphatic heterocycles. The summed E-state index contributed by atoms with van der Waals surface area (Å²) in [6.45, 7) is 3.94. The summed E-state index contributed by atoms with van der Waals surface area (Å²) in [6.07, 6.45) is 0. The molecule has 104 valence electrons. The summed E-state index contributed by atoms with van der Waals surface area (Å²) in [4.78, 5) is 11.4. The normalized spacial score (nSPS) is 10.8. The monoisotopic (exact) mass is 276 g/mol. The molecule has 0 amide bonds. The Morgan fingerprint density at radius 3 is 2.43 bits per heavy atom. The molecule has 3 aromatic carbocycles. The fourth-order valence-electron chi connectivity index (χ4n) is 2.88. The average molecular weight is 276 g/mol. The zero-order chi connectivity index (χ0) is 15.0. The Bertz CT molecular complexity index is 847. The molecule has 0 fully saturated rings. The number of benzene rings is 3. The summed E-state index contributed by atoms with van der Waals surface area (Å²) in [7, 11) is 0. The second-order valence-electron chi connectivity index (χ2n) is 5.26. The third-order valence-corrected chi connectivity index (χ3v) is 3.97. The summed E-state index contributed by atoms with van der Waals surface area (Å²) in [6, 6.07) is 17.9. The van der Waals surface area contributed by atoms with Crippen LogP contribution in [0.5, 0.6) is 0 Å². The number of carbonyl (C=O) groups is 1. The molecule has 0 bridgehead atoms. The molecule has 0 radical (unpaired) electrons. The summed E-state index contributed by atoms with van der Waals surface area (Å²) >= 11 is 0. The number of hydrogen-bond donors (Lipinski definition) is 1. The van der Waals surface area contributed by atoms with E-state index in [1.165, 1.54) is 5.39 Å². The van der Waals surface area contributed by atoms with Crippen LogP contribution in [0, 0.1) is 13.8 Å². The van der Waals surface area contributed by atoms with Gasteiger partial charge in [0, 0.05) is 0 Å². The molecule has 0 saturated heterocycles. The van der Waals surface area contributed by atoms with Crippen LogP contribution in [0.25, 0.3) is 21.9 Å². The molecule has 1 N–H and O–H groups in total. The van der Waals surface area contributed by atoms with Crippen LogP contribution in [0.3, 0.4) is 0 Å². The van der Waals surface area contributed by atoms with Crippen molar-refractivity contribution in [3.8, 4) is 11.1 Å². The van der Waals surface area contributed by atoms with Crippen molar-refractivity contribution in [2.45, 2.75) is 13.8 Å². The van der Waals surface area contributed by atoms with Crippen molar-refractivity contribution in [3.05, 3.63) is 71.3 Å². The van der Waals surface area contributed by atoms with E-state index < -0.39 is 5.97 Å². The highest BCUT2D eigenvalue weighted by Gasteiger charge is 2.14. The van der Waals surface area contributed by atoms with Gasteiger partial charge in [-0.05, 0) is 52.9 Å². The van der Waals surface area contributed by atoms with E-state index in [-0.39, 0.29) is 0 Å². The molecule has 2 heteroatoms. The molecule has 21 heavy (non-hydrogen) atoms. The number of carboxylic acids is 1. The minimum absolute atomic E-state index is 0.361. The van der Waals surface area contributed by atoms with E-state index in [9.17, 15) is 9.90 Å². The minimum Gasteiger partial charge on any atom is -0.478 e. The van der Waals surface area contributed by atoms with Gasteiger partial charge in [-0.2, -0.15) is 0 Å². The fraction of sp³-hybridized carbons (Fsp3) is 0.105. The molecule has 0 unspecified atom stereocenters. The van der Waals surface area contributed by atoms with E-state index in [0.717, 1.165) is 27.6 Å². The van der Waals surface area contributed by atoms with Gasteiger partial charge in [-0.25, -0.2) is 4.79 Å². The Balaban J connectivity index is 2.38. The van der Waals surface area contributed by atoms with Crippen molar-refractivity contribution >= 4 is 16.7 Å². The lowest BCUT2D eigenvalue weighted by Gasteiger charge is -2.14. The van der Waals surface area contributed by atoms with E-state index in [4.69, 9.17) is 0 Å². The molecule has 0 atom stereocenters. The van der Waals surface area contributed by atoms with Gasteiger partial charge in [-0.15, -0.1) is 0 Å². The maximum absolute atomic E-state index is 11.4. The zero-order valence-electron chi connectivity index (χ0n) is 12.1. The molecule has 0 aromatic heterocycles. The first-order chi connectivity index (χ1) is 10.1. The van der Waals surface area contributed by atoms with Crippen molar-refractivity contribution in [2.75, 3.05) is 0 Å². The van der Waals surface area contributed by atoms with E-state index in [0.29, 0.717) is 5.56 Å². The molecule has 0 aliphatic rings. The average Bonchev–Trinajstić information content (AvgIpc) is 2.48. The van der Waals surface area contributed by atoms with Crippen LogP contribution in [0.1, 0.15) is 21.5 Å². The maximum Gasteiger partial charge on any atom is 0.335 e. The molecular formula is C19H16O2. The zero-order valence-corrected chi connectivity index (χ0v) is 12.1. The number of hydrogen-bond acceptors (Lipinski definition) is 1. The smallest absolute Gasteiger partial charge is 0.335 e. The number of carboxylic acid groups (broad SMARTS) is 1. The van der Waals surface area contributed by atoms with Crippen molar-refractivity contribution in [3.63, 3.8) is 0 Å². The van der Waals surface area contributed by atoms with Crippen molar-refractivity contribution in [2.24, 2.45) is 0 Å². The van der Waals surface area contributed by atoms with Gasteiger partial charge in [0.15, 0.2) is 0 Å². The Labute approximate surface area is 123 Å². The highest BCUT2D eigenvalue weighted by molar-refractivity contribution is 6.01. The van der Waals surface area contributed by atoms with Crippen LogP contribution in [0.15, 0.2) is 54.6 Å². The van der Waals surface area contributed by atoms with Gasteiger partial charge >= 0.3 is 5.97 Å². The Hall–Kier alpha value is -2.61. The Morgan fingerprint density at radius 1 is 0.905 bits per heavy atom. The van der Waals surface area contributed by atoms with Crippen LogP contribution >= 0.6 is 0 Å². The van der Waals surface area contributed by atoms with Gasteiger partial charge in [-0.3, -0.25) is 0 Å². The molecular weight excluding hydrogens is 260 g/mol. The van der Waals surface area contributed by atoms with Crippen molar-refractivity contribution < 1.29 is 9.90 Å². The SMILES string of the molecule is Cc1ccc2ccccc2c1-c1cccc(C(=O)O)c1C. The quantitative estimate of drug-likeness (QED) is 0.728. The van der Waals surface area contributed by atoms with E-state index in [1.54, 1.807) is 6.07 Å². The minimum atomic E-state index is -0.882. The lowest BCUT2D eigenvalue weighted by atomic mass is 9.90. The summed E-state index contributed by atoms with van der Waals surface area (Å²) < 4.78 is 0. The van der Waals surface area contributed by atoms with Gasteiger partial charge in [0.1, 0.15) is 0 Å². The first-order valence-electron chi connectivity index (χ1n) is 6.91. The van der Waals surface area contributed by atoms with Gasteiger partial charge in [0.25, 0.3) is 0 Å². The van der Waals surface area contributed by atoms with Crippen LogP contribution in [-0.2, 0) is 0 Å². The second-order valence-corrected chi connectivity index (χ2v) is 5.26. The molecule has 0 saturated carbocycles. The summed E-state index contributed by atoms with van der Waals surface area (Å²) in [5.74, 6) is -0.882. The number of aromatic carboxylic acids is 1. The standard InChI is InChI=1S/C19H16O2/c1-12-10-11-14-6-3-4-7-17(14)18(12)15-8-5-9-16(13(15)2)19(20)21/h3-11H,1-2H3,(H,20,21). The first kappa shape index (κ1) is 13.4. The largest absolute Gasteiger partial charge is 0.478 e. The van der Waals surface area contributed by atoms with Crippen molar-refractivity contribution in [1.82, 2.24) is 0 Å². The first-order valence-corrected chi connectivity index (χ1v) is 6.91. The number of aryl methyl sites for hydroxylation is 1. The topological polar surface area (TPSA) is 37.3 Å². The molecule has 0 heterocycles. The van der Waals surface area contributed by atoms with Crippen LogP contribution in [0.2, 0.25) is 0 Å². The third-order valence-electron chi connectivity index (χ3n) is 3.97. The fourth-order valence-corrected chi connectivity index (χ4v) is 2.88. The molecule has 3 aromatic rings. The van der Waals surface area contributed by atoms with E-state index in [1.807, 2.05) is 31.2 Å². The maximum atomic E-state index is 11.4. The second kappa shape index (κ2) is 5.06. The molecule has 3 rings (SSSR count). The highest BCUT2D eigenvalue weighted by atomic mass is 16.4. The Morgan fingerprint density at radius 2 is 1.67 bits per heavy atom. The van der Waals surface area contributed by atoms with E-state index in [2.05, 4.69) is 31.2 Å².